The van der Waals surface area contributed by atoms with E-state index in [9.17, 15) is 22.8 Å². The van der Waals surface area contributed by atoms with E-state index in [4.69, 9.17) is 11.6 Å². The number of aromatic nitrogens is 2. The van der Waals surface area contributed by atoms with Crippen molar-refractivity contribution in [3.8, 4) is 0 Å². The molecular formula is C21H19ClF3N3O2S. The molecule has 0 fully saturated rings. The summed E-state index contributed by atoms with van der Waals surface area (Å²) in [6.07, 6.45) is -1.88. The Morgan fingerprint density at radius 3 is 2.84 bits per heavy atom. The summed E-state index contributed by atoms with van der Waals surface area (Å²) in [6.45, 7) is 3.43. The minimum atomic E-state index is -4.57. The lowest BCUT2D eigenvalue weighted by Gasteiger charge is -2.17. The second-order valence-corrected chi connectivity index (χ2v) is 9.31. The number of halogens is 4. The van der Waals surface area contributed by atoms with Crippen LogP contribution in [0.3, 0.4) is 0 Å². The first-order valence-corrected chi connectivity index (χ1v) is 10.9. The number of benzene rings is 1. The Hall–Kier alpha value is -2.39. The average Bonchev–Trinajstić information content (AvgIpc) is 3.03. The molecule has 0 bridgehead atoms. The molecule has 0 aliphatic heterocycles. The lowest BCUT2D eigenvalue weighted by Crippen LogP contribution is -2.30. The molecule has 3 aromatic rings. The third-order valence-electron chi connectivity index (χ3n) is 5.48. The van der Waals surface area contributed by atoms with Gasteiger partial charge in [-0.25, -0.2) is 4.98 Å². The zero-order valence-corrected chi connectivity index (χ0v) is 18.3. The zero-order valence-electron chi connectivity index (χ0n) is 16.8. The summed E-state index contributed by atoms with van der Waals surface area (Å²) < 4.78 is 40.1. The Labute approximate surface area is 184 Å². The van der Waals surface area contributed by atoms with E-state index in [1.54, 1.807) is 6.92 Å². The monoisotopic (exact) mass is 469 g/mol. The van der Waals surface area contributed by atoms with Gasteiger partial charge in [-0.3, -0.25) is 14.2 Å². The van der Waals surface area contributed by atoms with E-state index < -0.39 is 17.6 Å². The van der Waals surface area contributed by atoms with Crippen molar-refractivity contribution in [2.24, 2.45) is 5.92 Å². The van der Waals surface area contributed by atoms with Crippen LogP contribution in [0.1, 0.15) is 35.2 Å². The van der Waals surface area contributed by atoms with Crippen LogP contribution in [0.5, 0.6) is 0 Å². The molecule has 0 spiro atoms. The van der Waals surface area contributed by atoms with Gasteiger partial charge in [-0.05, 0) is 55.9 Å². The van der Waals surface area contributed by atoms with Crippen molar-refractivity contribution in [2.45, 2.75) is 45.8 Å². The SMILES string of the molecule is Cc1nc2sc3c(c2c(=O)n1CC(=O)Nc1cc(C(F)(F)F)ccc1Cl)CCC(C)C3. The Bertz CT molecular complexity index is 1250. The van der Waals surface area contributed by atoms with E-state index in [1.807, 2.05) is 0 Å². The predicted molar refractivity (Wildman–Crippen MR) is 115 cm³/mol. The van der Waals surface area contributed by atoms with Crippen molar-refractivity contribution in [3.05, 3.63) is 55.4 Å². The number of anilines is 1. The molecule has 4 rings (SSSR count). The van der Waals surface area contributed by atoms with Gasteiger partial charge in [-0.2, -0.15) is 13.2 Å². The van der Waals surface area contributed by atoms with Crippen LogP contribution in [0.2, 0.25) is 5.02 Å². The fourth-order valence-corrected chi connectivity index (χ4v) is 5.43. The lowest BCUT2D eigenvalue weighted by molar-refractivity contribution is -0.137. The summed E-state index contributed by atoms with van der Waals surface area (Å²) in [5, 5.41) is 2.90. The molecule has 5 nitrogen and oxygen atoms in total. The van der Waals surface area contributed by atoms with E-state index >= 15 is 0 Å². The third-order valence-corrected chi connectivity index (χ3v) is 6.95. The maximum Gasteiger partial charge on any atom is 0.416 e. The quantitative estimate of drug-likeness (QED) is 0.573. The number of fused-ring (bicyclic) bond motifs is 3. The van der Waals surface area contributed by atoms with Crippen LogP contribution in [-0.4, -0.2) is 15.5 Å². The van der Waals surface area contributed by atoms with Gasteiger partial charge in [0.2, 0.25) is 5.91 Å². The molecule has 164 valence electrons. The molecule has 1 amide bonds. The summed E-state index contributed by atoms with van der Waals surface area (Å²) in [6, 6.07) is 2.68. The van der Waals surface area contributed by atoms with Crippen LogP contribution in [0, 0.1) is 12.8 Å². The predicted octanol–water partition coefficient (Wildman–Crippen LogP) is 5.20. The normalized spacial score (nSPS) is 16.4. The summed E-state index contributed by atoms with van der Waals surface area (Å²) >= 11 is 7.47. The van der Waals surface area contributed by atoms with Gasteiger partial charge in [0.25, 0.3) is 5.56 Å². The molecule has 1 atom stereocenters. The minimum Gasteiger partial charge on any atom is -0.323 e. The fraction of sp³-hybridized carbons (Fsp3) is 0.381. The van der Waals surface area contributed by atoms with Gasteiger partial charge < -0.3 is 5.32 Å². The average molecular weight is 470 g/mol. The highest BCUT2D eigenvalue weighted by molar-refractivity contribution is 7.18. The van der Waals surface area contributed by atoms with E-state index in [1.165, 1.54) is 15.9 Å². The van der Waals surface area contributed by atoms with Gasteiger partial charge in [0.1, 0.15) is 17.2 Å². The summed E-state index contributed by atoms with van der Waals surface area (Å²) in [5.74, 6) is 0.256. The van der Waals surface area contributed by atoms with Crippen molar-refractivity contribution in [1.29, 1.82) is 0 Å². The van der Waals surface area contributed by atoms with Gasteiger partial charge in [0.15, 0.2) is 0 Å². The Kier molecular flexibility index (Phi) is 5.59. The van der Waals surface area contributed by atoms with Crippen molar-refractivity contribution < 1.29 is 18.0 Å². The molecule has 2 aromatic heterocycles. The summed E-state index contributed by atoms with van der Waals surface area (Å²) in [7, 11) is 0. The van der Waals surface area contributed by atoms with E-state index in [0.29, 0.717) is 22.0 Å². The number of carbonyl (C=O) groups is 1. The van der Waals surface area contributed by atoms with Gasteiger partial charge in [-0.15, -0.1) is 11.3 Å². The van der Waals surface area contributed by atoms with E-state index in [2.05, 4.69) is 17.2 Å². The second kappa shape index (κ2) is 7.94. The molecule has 0 saturated heterocycles. The number of amides is 1. The highest BCUT2D eigenvalue weighted by Crippen LogP contribution is 2.36. The molecule has 1 aromatic carbocycles. The van der Waals surface area contributed by atoms with Crippen LogP contribution in [0.25, 0.3) is 10.2 Å². The molecule has 0 radical (unpaired) electrons. The number of rotatable bonds is 3. The number of alkyl halides is 3. The first-order chi connectivity index (χ1) is 14.5. The lowest BCUT2D eigenvalue weighted by atomic mass is 9.89. The molecule has 31 heavy (non-hydrogen) atoms. The Balaban J connectivity index is 1.65. The molecule has 1 unspecified atom stereocenters. The highest BCUT2D eigenvalue weighted by Gasteiger charge is 2.31. The molecule has 1 aliphatic rings. The maximum absolute atomic E-state index is 13.2. The number of nitrogens with zero attached hydrogens (tertiary/aromatic N) is 2. The van der Waals surface area contributed by atoms with E-state index in [-0.39, 0.29) is 22.8 Å². The first-order valence-electron chi connectivity index (χ1n) is 9.73. The molecule has 1 N–H and O–H groups in total. The largest absolute Gasteiger partial charge is 0.416 e. The minimum absolute atomic E-state index is 0.0278. The second-order valence-electron chi connectivity index (χ2n) is 7.82. The van der Waals surface area contributed by atoms with Crippen LogP contribution in [0.15, 0.2) is 23.0 Å². The molecule has 2 heterocycles. The maximum atomic E-state index is 13.2. The zero-order chi connectivity index (χ0) is 22.5. The van der Waals surface area contributed by atoms with Crippen LogP contribution in [-0.2, 0) is 30.4 Å². The van der Waals surface area contributed by atoms with Crippen molar-refractivity contribution >= 4 is 44.7 Å². The van der Waals surface area contributed by atoms with E-state index in [0.717, 1.165) is 47.9 Å². The number of nitrogens with one attached hydrogen (secondary N) is 1. The number of carbonyl (C=O) groups excluding carboxylic acids is 1. The van der Waals surface area contributed by atoms with Crippen molar-refractivity contribution in [3.63, 3.8) is 0 Å². The highest BCUT2D eigenvalue weighted by atomic mass is 35.5. The van der Waals surface area contributed by atoms with Gasteiger partial charge in [0, 0.05) is 4.88 Å². The molecular weight excluding hydrogens is 451 g/mol. The summed E-state index contributed by atoms with van der Waals surface area (Å²) in [5.41, 5.74) is -0.392. The fourth-order valence-electron chi connectivity index (χ4n) is 3.84. The standard InChI is InChI=1S/C21H19ClF3N3O2S/c1-10-3-5-13-16(7-10)31-19-18(13)20(30)28(11(2)26-19)9-17(29)27-15-8-12(21(23,24)25)4-6-14(15)22/h4,6,8,10H,3,5,7,9H2,1-2H3,(H,27,29). The van der Waals surface area contributed by atoms with Crippen molar-refractivity contribution in [2.75, 3.05) is 5.32 Å². The van der Waals surface area contributed by atoms with Gasteiger partial charge in [0.05, 0.1) is 21.7 Å². The van der Waals surface area contributed by atoms with Crippen LogP contribution >= 0.6 is 22.9 Å². The number of aryl methyl sites for hydroxylation is 2. The topological polar surface area (TPSA) is 64.0 Å². The smallest absolute Gasteiger partial charge is 0.323 e. The van der Waals surface area contributed by atoms with Gasteiger partial charge in [-0.1, -0.05) is 18.5 Å². The Morgan fingerprint density at radius 1 is 1.39 bits per heavy atom. The summed E-state index contributed by atoms with van der Waals surface area (Å²) in [4.78, 5) is 32.1. The molecule has 0 saturated carbocycles. The molecule has 10 heteroatoms. The number of hydrogen-bond donors (Lipinski definition) is 1. The van der Waals surface area contributed by atoms with Gasteiger partial charge >= 0.3 is 6.18 Å². The first kappa shape index (κ1) is 21.8. The molecule has 1 aliphatic carbocycles. The number of thiophene rings is 1. The van der Waals surface area contributed by atoms with Crippen molar-refractivity contribution in [1.82, 2.24) is 9.55 Å². The van der Waals surface area contributed by atoms with Crippen LogP contribution < -0.4 is 10.9 Å². The van der Waals surface area contributed by atoms with Crippen LogP contribution in [0.4, 0.5) is 18.9 Å². The third kappa shape index (κ3) is 4.21. The Morgan fingerprint density at radius 2 is 2.13 bits per heavy atom. The number of hydrogen-bond acceptors (Lipinski definition) is 4.